The van der Waals surface area contributed by atoms with E-state index in [2.05, 4.69) is 15.9 Å². The van der Waals surface area contributed by atoms with Gasteiger partial charge in [-0.2, -0.15) is 5.10 Å². The van der Waals surface area contributed by atoms with Crippen molar-refractivity contribution in [3.8, 4) is 0 Å². The summed E-state index contributed by atoms with van der Waals surface area (Å²) in [5.41, 5.74) is 2.67. The highest BCUT2D eigenvalue weighted by molar-refractivity contribution is 9.10. The molecule has 0 unspecified atom stereocenters. The maximum Gasteiger partial charge on any atom is 0.269 e. The smallest absolute Gasteiger partial charge is 0.269 e. The minimum absolute atomic E-state index is 0.0986. The summed E-state index contributed by atoms with van der Waals surface area (Å²) in [4.78, 5) is 39.0. The fourth-order valence-electron chi connectivity index (χ4n) is 4.31. The molecule has 3 aromatic rings. The highest BCUT2D eigenvalue weighted by atomic mass is 79.9. The average Bonchev–Trinajstić information content (AvgIpc) is 3.32. The van der Waals surface area contributed by atoms with Gasteiger partial charge in [0.2, 0.25) is 5.91 Å². The number of anilines is 2. The van der Waals surface area contributed by atoms with Crippen LogP contribution in [-0.2, 0) is 9.59 Å². The van der Waals surface area contributed by atoms with Crippen LogP contribution in [0, 0.1) is 23.0 Å². The Labute approximate surface area is 197 Å². The maximum atomic E-state index is 13.7. The number of benzene rings is 3. The van der Waals surface area contributed by atoms with E-state index in [4.69, 9.17) is 5.10 Å². The fraction of sp³-hybridized carbons (Fsp3) is 0.125. The van der Waals surface area contributed by atoms with E-state index in [0.717, 1.165) is 14.9 Å². The zero-order chi connectivity index (χ0) is 23.3. The number of amides is 2. The molecule has 2 atom stereocenters. The Morgan fingerprint density at radius 2 is 1.67 bits per heavy atom. The number of para-hydroxylation sites is 1. The summed E-state index contributed by atoms with van der Waals surface area (Å²) in [6.45, 7) is 1.65. The van der Waals surface area contributed by atoms with Crippen LogP contribution >= 0.6 is 15.9 Å². The van der Waals surface area contributed by atoms with E-state index in [1.165, 1.54) is 18.2 Å². The molecule has 0 aliphatic carbocycles. The van der Waals surface area contributed by atoms with Crippen molar-refractivity contribution in [1.82, 2.24) is 0 Å². The lowest BCUT2D eigenvalue weighted by atomic mass is 9.93. The van der Waals surface area contributed by atoms with Crippen molar-refractivity contribution in [3.05, 3.63) is 98.5 Å². The van der Waals surface area contributed by atoms with E-state index >= 15 is 0 Å². The van der Waals surface area contributed by atoms with Crippen LogP contribution in [0.2, 0.25) is 0 Å². The molecular weight excluding hydrogens is 488 g/mol. The van der Waals surface area contributed by atoms with Crippen LogP contribution in [0.15, 0.2) is 82.4 Å². The molecular formula is C24H17BrN4O4. The molecule has 164 valence electrons. The minimum atomic E-state index is -0.840. The first kappa shape index (κ1) is 21.0. The highest BCUT2D eigenvalue weighted by Crippen LogP contribution is 2.40. The van der Waals surface area contributed by atoms with E-state index in [1.54, 1.807) is 11.9 Å². The Kier molecular flexibility index (Phi) is 5.05. The normalized spacial score (nSPS) is 19.6. The van der Waals surface area contributed by atoms with Crippen LogP contribution in [0.1, 0.15) is 11.1 Å². The monoisotopic (exact) mass is 504 g/mol. The number of nitrogens with zero attached hydrogens (tertiary/aromatic N) is 4. The van der Waals surface area contributed by atoms with Crippen molar-refractivity contribution in [1.29, 1.82) is 0 Å². The van der Waals surface area contributed by atoms with Crippen LogP contribution in [0.4, 0.5) is 17.1 Å². The third kappa shape index (κ3) is 3.41. The summed E-state index contributed by atoms with van der Waals surface area (Å²) in [6.07, 6.45) is 0. The zero-order valence-corrected chi connectivity index (χ0v) is 19.0. The molecule has 9 heteroatoms. The fourth-order valence-corrected chi connectivity index (χ4v) is 4.57. The molecule has 2 aliphatic heterocycles. The summed E-state index contributed by atoms with van der Waals surface area (Å²) in [5, 5.41) is 17.4. The Bertz CT molecular complexity index is 1320. The predicted molar refractivity (Wildman–Crippen MR) is 127 cm³/mol. The van der Waals surface area contributed by atoms with Gasteiger partial charge in [-0.15, -0.1) is 0 Å². The van der Waals surface area contributed by atoms with Crippen molar-refractivity contribution >= 4 is 50.5 Å². The largest absolute Gasteiger partial charge is 0.273 e. The van der Waals surface area contributed by atoms with Gasteiger partial charge >= 0.3 is 0 Å². The first-order valence-corrected chi connectivity index (χ1v) is 11.0. The molecule has 0 bridgehead atoms. The Morgan fingerprint density at radius 3 is 2.30 bits per heavy atom. The van der Waals surface area contributed by atoms with Crippen LogP contribution < -0.4 is 9.91 Å². The van der Waals surface area contributed by atoms with Crippen LogP contribution in [0.3, 0.4) is 0 Å². The molecule has 33 heavy (non-hydrogen) atoms. The molecule has 8 nitrogen and oxygen atoms in total. The number of rotatable bonds is 4. The number of carbonyl (C=O) groups is 2. The second kappa shape index (κ2) is 7.93. The number of hydrazone groups is 1. The minimum Gasteiger partial charge on any atom is -0.273 e. The van der Waals surface area contributed by atoms with Gasteiger partial charge in [-0.3, -0.25) is 24.7 Å². The van der Waals surface area contributed by atoms with Crippen molar-refractivity contribution in [2.24, 2.45) is 11.0 Å². The number of nitro groups is 1. The molecule has 2 heterocycles. The number of fused-ring (bicyclic) bond motifs is 1. The number of carbonyl (C=O) groups excluding carboxylic acids is 2. The van der Waals surface area contributed by atoms with E-state index in [1.807, 2.05) is 54.6 Å². The van der Waals surface area contributed by atoms with Crippen molar-refractivity contribution < 1.29 is 14.5 Å². The lowest BCUT2D eigenvalue weighted by molar-refractivity contribution is -0.384. The Balaban J connectivity index is 1.62. The topological polar surface area (TPSA) is 96.1 Å². The van der Waals surface area contributed by atoms with Crippen molar-refractivity contribution in [2.45, 2.75) is 13.0 Å². The lowest BCUT2D eigenvalue weighted by Gasteiger charge is -2.22. The van der Waals surface area contributed by atoms with Gasteiger partial charge in [-0.05, 0) is 48.4 Å². The zero-order valence-electron chi connectivity index (χ0n) is 17.4. The molecule has 0 spiro atoms. The second-order valence-corrected chi connectivity index (χ2v) is 8.75. The maximum absolute atomic E-state index is 13.7. The van der Waals surface area contributed by atoms with Crippen LogP contribution in [0.25, 0.3) is 0 Å². The van der Waals surface area contributed by atoms with Gasteiger partial charge in [0.1, 0.15) is 12.0 Å². The van der Waals surface area contributed by atoms with E-state index in [0.29, 0.717) is 22.6 Å². The predicted octanol–water partition coefficient (Wildman–Crippen LogP) is 4.45. The van der Waals surface area contributed by atoms with E-state index in [9.17, 15) is 19.7 Å². The number of imide groups is 1. The van der Waals surface area contributed by atoms with E-state index in [-0.39, 0.29) is 5.69 Å². The van der Waals surface area contributed by atoms with Gasteiger partial charge in [0.25, 0.3) is 11.6 Å². The molecule has 1 saturated heterocycles. The number of aryl methyl sites for hydroxylation is 1. The van der Waals surface area contributed by atoms with Crippen molar-refractivity contribution in [2.75, 3.05) is 9.91 Å². The highest BCUT2D eigenvalue weighted by Gasteiger charge is 2.57. The molecule has 3 aromatic carbocycles. The van der Waals surface area contributed by atoms with Gasteiger partial charge in [0.05, 0.1) is 22.0 Å². The molecule has 0 saturated carbocycles. The van der Waals surface area contributed by atoms with E-state index < -0.39 is 28.7 Å². The molecule has 0 N–H and O–H groups in total. The van der Waals surface area contributed by atoms with Gasteiger partial charge in [-0.25, -0.2) is 4.90 Å². The van der Waals surface area contributed by atoms with Gasteiger partial charge in [-0.1, -0.05) is 46.3 Å². The standard InChI is InChI=1S/C24H17BrN4O4/c1-14-13-18(29(32)33)11-12-19(14)27-23(30)20-21(15-7-9-16(25)10-8-15)26-28(22(20)24(27)31)17-5-3-2-4-6-17/h2-13,20,22H,1H3/t20-,22+/m1/s1. The third-order valence-electron chi connectivity index (χ3n) is 5.84. The first-order chi connectivity index (χ1) is 15.9. The molecule has 0 radical (unpaired) electrons. The van der Waals surface area contributed by atoms with Crippen LogP contribution in [-0.4, -0.2) is 28.5 Å². The molecule has 2 aliphatic rings. The number of halogens is 1. The average molecular weight is 505 g/mol. The third-order valence-corrected chi connectivity index (χ3v) is 6.37. The Morgan fingerprint density at radius 1 is 0.970 bits per heavy atom. The number of nitro benzene ring substituents is 1. The van der Waals surface area contributed by atoms with Crippen LogP contribution in [0.5, 0.6) is 0 Å². The summed E-state index contributed by atoms with van der Waals surface area (Å²) in [7, 11) is 0. The van der Waals surface area contributed by atoms with Gasteiger partial charge < -0.3 is 0 Å². The lowest BCUT2D eigenvalue weighted by Crippen LogP contribution is -2.39. The summed E-state index contributed by atoms with van der Waals surface area (Å²) in [5.74, 6) is -1.61. The number of hydrogen-bond acceptors (Lipinski definition) is 6. The summed E-state index contributed by atoms with van der Waals surface area (Å²) in [6, 6.07) is 19.9. The molecule has 2 amide bonds. The summed E-state index contributed by atoms with van der Waals surface area (Å²) >= 11 is 3.42. The van der Waals surface area contributed by atoms with Gasteiger partial charge in [0.15, 0.2) is 0 Å². The van der Waals surface area contributed by atoms with Crippen molar-refractivity contribution in [3.63, 3.8) is 0 Å². The number of hydrogen-bond donors (Lipinski definition) is 0. The Hall–Kier alpha value is -3.85. The quantitative estimate of drug-likeness (QED) is 0.297. The first-order valence-electron chi connectivity index (χ1n) is 10.2. The molecule has 5 rings (SSSR count). The van der Waals surface area contributed by atoms with Gasteiger partial charge in [0, 0.05) is 16.6 Å². The number of non-ortho nitro benzene ring substituents is 1. The molecule has 1 fully saturated rings. The second-order valence-electron chi connectivity index (χ2n) is 7.83. The SMILES string of the molecule is Cc1cc([N+](=O)[O-])ccc1N1C(=O)[C@@H]2C(c3ccc(Br)cc3)=NN(c3ccccc3)[C@@H]2C1=O. The summed E-state index contributed by atoms with van der Waals surface area (Å²) < 4.78 is 0.887. The molecule has 0 aromatic heterocycles.